The second kappa shape index (κ2) is 7.83. The van der Waals surface area contributed by atoms with Crippen molar-refractivity contribution in [1.29, 1.82) is 0 Å². The van der Waals surface area contributed by atoms with Crippen LogP contribution in [0.3, 0.4) is 0 Å². The van der Waals surface area contributed by atoms with Crippen molar-refractivity contribution in [3.05, 3.63) is 83.7 Å². The highest BCUT2D eigenvalue weighted by atomic mass is 16.1. The van der Waals surface area contributed by atoms with Crippen LogP contribution in [-0.4, -0.2) is 17.4 Å². The lowest BCUT2D eigenvalue weighted by Gasteiger charge is -2.23. The maximum Gasteiger partial charge on any atom is 0.257 e. The molecule has 0 bridgehead atoms. The van der Waals surface area contributed by atoms with Crippen LogP contribution in [0.5, 0.6) is 0 Å². The summed E-state index contributed by atoms with van der Waals surface area (Å²) in [5.41, 5.74) is 5.46. The highest BCUT2D eigenvalue weighted by Crippen LogP contribution is 2.25. The Morgan fingerprint density at radius 2 is 1.65 bits per heavy atom. The van der Waals surface area contributed by atoms with E-state index in [1.54, 1.807) is 12.4 Å². The molecule has 0 unspecified atom stereocenters. The summed E-state index contributed by atoms with van der Waals surface area (Å²) in [6.45, 7) is 6.85. The van der Waals surface area contributed by atoms with Gasteiger partial charge in [0.1, 0.15) is 0 Å². The molecule has 0 fully saturated rings. The number of carbonyl (C=O) groups excluding carboxylic acids is 1. The molecule has 1 amide bonds. The standard InChI is InChI=1S/C22H23N3O/c1-4-25(19-11-6-5-7-12-19)20-13-18(14-23-15-20)22(26)24-21-16(2)9-8-10-17(21)3/h5-15H,4H2,1-3H3,(H,24,26). The fraction of sp³-hybridized carbons (Fsp3) is 0.182. The summed E-state index contributed by atoms with van der Waals surface area (Å²) in [6.07, 6.45) is 3.39. The predicted molar refractivity (Wildman–Crippen MR) is 107 cm³/mol. The molecule has 4 nitrogen and oxygen atoms in total. The van der Waals surface area contributed by atoms with E-state index in [2.05, 4.69) is 22.1 Å². The summed E-state index contributed by atoms with van der Waals surface area (Å²) in [4.78, 5) is 19.2. The fourth-order valence-corrected chi connectivity index (χ4v) is 3.02. The molecule has 4 heteroatoms. The lowest BCUT2D eigenvalue weighted by atomic mass is 10.1. The van der Waals surface area contributed by atoms with E-state index in [1.165, 1.54) is 0 Å². The van der Waals surface area contributed by atoms with Gasteiger partial charge >= 0.3 is 0 Å². The van der Waals surface area contributed by atoms with Gasteiger partial charge in [-0.1, -0.05) is 36.4 Å². The number of aryl methyl sites for hydroxylation is 2. The second-order valence-electron chi connectivity index (χ2n) is 6.23. The molecule has 0 spiro atoms. The third-order valence-electron chi connectivity index (χ3n) is 4.40. The minimum atomic E-state index is -0.152. The normalized spacial score (nSPS) is 10.4. The zero-order chi connectivity index (χ0) is 18.5. The Balaban J connectivity index is 1.88. The Kier molecular flexibility index (Phi) is 5.32. The minimum absolute atomic E-state index is 0.152. The van der Waals surface area contributed by atoms with Crippen LogP contribution < -0.4 is 10.2 Å². The summed E-state index contributed by atoms with van der Waals surface area (Å²) in [5, 5.41) is 3.02. The molecule has 26 heavy (non-hydrogen) atoms. The summed E-state index contributed by atoms with van der Waals surface area (Å²) < 4.78 is 0. The monoisotopic (exact) mass is 345 g/mol. The fourth-order valence-electron chi connectivity index (χ4n) is 3.02. The molecular weight excluding hydrogens is 322 g/mol. The van der Waals surface area contributed by atoms with Crippen molar-refractivity contribution >= 4 is 23.0 Å². The Labute approximate surface area is 154 Å². The second-order valence-corrected chi connectivity index (χ2v) is 6.23. The van der Waals surface area contributed by atoms with Gasteiger partial charge in [0.2, 0.25) is 0 Å². The van der Waals surface area contributed by atoms with E-state index in [4.69, 9.17) is 0 Å². The first kappa shape index (κ1) is 17.7. The van der Waals surface area contributed by atoms with Crippen LogP contribution in [0.4, 0.5) is 17.1 Å². The topological polar surface area (TPSA) is 45.2 Å². The molecule has 0 saturated heterocycles. The molecule has 132 valence electrons. The van der Waals surface area contributed by atoms with Gasteiger partial charge < -0.3 is 10.2 Å². The largest absolute Gasteiger partial charge is 0.340 e. The van der Waals surface area contributed by atoms with E-state index < -0.39 is 0 Å². The Bertz CT molecular complexity index is 886. The maximum absolute atomic E-state index is 12.7. The van der Waals surface area contributed by atoms with Crippen molar-refractivity contribution in [2.75, 3.05) is 16.8 Å². The predicted octanol–water partition coefficient (Wildman–Crippen LogP) is 5.11. The number of pyridine rings is 1. The third-order valence-corrected chi connectivity index (χ3v) is 4.40. The van der Waals surface area contributed by atoms with Crippen molar-refractivity contribution in [3.63, 3.8) is 0 Å². The number of hydrogen-bond acceptors (Lipinski definition) is 3. The van der Waals surface area contributed by atoms with E-state index in [0.29, 0.717) is 5.56 Å². The molecule has 1 heterocycles. The molecule has 0 saturated carbocycles. The Morgan fingerprint density at radius 1 is 0.962 bits per heavy atom. The average molecular weight is 345 g/mol. The number of para-hydroxylation sites is 2. The highest BCUT2D eigenvalue weighted by Gasteiger charge is 2.13. The van der Waals surface area contributed by atoms with Crippen LogP contribution in [0.1, 0.15) is 28.4 Å². The van der Waals surface area contributed by atoms with Gasteiger partial charge in [-0.25, -0.2) is 0 Å². The number of aromatic nitrogens is 1. The van der Waals surface area contributed by atoms with Gasteiger partial charge in [0.15, 0.2) is 0 Å². The molecule has 0 aliphatic carbocycles. The number of benzene rings is 2. The molecule has 3 aromatic rings. The van der Waals surface area contributed by atoms with Crippen LogP contribution in [0.2, 0.25) is 0 Å². The molecule has 0 aliphatic rings. The SMILES string of the molecule is CCN(c1ccccc1)c1cncc(C(=O)Nc2c(C)cccc2C)c1. The van der Waals surface area contributed by atoms with E-state index in [0.717, 1.165) is 34.7 Å². The van der Waals surface area contributed by atoms with Gasteiger partial charge in [-0.3, -0.25) is 9.78 Å². The third kappa shape index (κ3) is 3.75. The molecule has 2 aromatic carbocycles. The zero-order valence-electron chi connectivity index (χ0n) is 15.4. The molecule has 3 rings (SSSR count). The lowest BCUT2D eigenvalue weighted by molar-refractivity contribution is 0.102. The summed E-state index contributed by atoms with van der Waals surface area (Å²) >= 11 is 0. The Hall–Kier alpha value is -3.14. The highest BCUT2D eigenvalue weighted by molar-refractivity contribution is 6.05. The van der Waals surface area contributed by atoms with Crippen molar-refractivity contribution in [2.45, 2.75) is 20.8 Å². The van der Waals surface area contributed by atoms with Crippen molar-refractivity contribution in [1.82, 2.24) is 4.98 Å². The first-order valence-corrected chi connectivity index (χ1v) is 8.75. The van der Waals surface area contributed by atoms with Gasteiger partial charge in [0.25, 0.3) is 5.91 Å². The van der Waals surface area contributed by atoms with E-state index >= 15 is 0 Å². The molecular formula is C22H23N3O. The summed E-state index contributed by atoms with van der Waals surface area (Å²) in [6, 6.07) is 17.9. The average Bonchev–Trinajstić information content (AvgIpc) is 2.66. The van der Waals surface area contributed by atoms with Crippen LogP contribution >= 0.6 is 0 Å². The summed E-state index contributed by atoms with van der Waals surface area (Å²) in [7, 11) is 0. The van der Waals surface area contributed by atoms with E-state index in [9.17, 15) is 4.79 Å². The number of carbonyl (C=O) groups is 1. The van der Waals surface area contributed by atoms with Crippen molar-refractivity contribution in [2.24, 2.45) is 0 Å². The first-order valence-electron chi connectivity index (χ1n) is 8.75. The number of nitrogens with zero attached hydrogens (tertiary/aromatic N) is 2. The number of anilines is 3. The van der Waals surface area contributed by atoms with Crippen LogP contribution in [0.15, 0.2) is 67.0 Å². The van der Waals surface area contributed by atoms with Gasteiger partial charge in [-0.2, -0.15) is 0 Å². The van der Waals surface area contributed by atoms with Gasteiger partial charge in [-0.05, 0) is 50.1 Å². The number of hydrogen-bond donors (Lipinski definition) is 1. The molecule has 0 aliphatic heterocycles. The Morgan fingerprint density at radius 3 is 2.31 bits per heavy atom. The van der Waals surface area contributed by atoms with Gasteiger partial charge in [0.05, 0.1) is 17.4 Å². The van der Waals surface area contributed by atoms with Crippen LogP contribution in [0, 0.1) is 13.8 Å². The maximum atomic E-state index is 12.7. The number of nitrogens with one attached hydrogen (secondary N) is 1. The van der Waals surface area contributed by atoms with Crippen molar-refractivity contribution in [3.8, 4) is 0 Å². The smallest absolute Gasteiger partial charge is 0.257 e. The van der Waals surface area contributed by atoms with Gasteiger partial charge in [0, 0.05) is 24.1 Å². The van der Waals surface area contributed by atoms with E-state index in [-0.39, 0.29) is 5.91 Å². The molecule has 0 radical (unpaired) electrons. The quantitative estimate of drug-likeness (QED) is 0.699. The molecule has 0 atom stereocenters. The first-order chi connectivity index (χ1) is 12.6. The minimum Gasteiger partial charge on any atom is -0.340 e. The lowest BCUT2D eigenvalue weighted by Crippen LogP contribution is -2.18. The number of amides is 1. The van der Waals surface area contributed by atoms with Crippen molar-refractivity contribution < 1.29 is 4.79 Å². The molecule has 1 aromatic heterocycles. The zero-order valence-corrected chi connectivity index (χ0v) is 15.4. The van der Waals surface area contributed by atoms with Crippen LogP contribution in [0.25, 0.3) is 0 Å². The van der Waals surface area contributed by atoms with E-state index in [1.807, 2.05) is 68.4 Å². The molecule has 1 N–H and O–H groups in total. The van der Waals surface area contributed by atoms with Crippen LogP contribution in [-0.2, 0) is 0 Å². The number of rotatable bonds is 5. The summed E-state index contributed by atoms with van der Waals surface area (Å²) in [5.74, 6) is -0.152. The van der Waals surface area contributed by atoms with Gasteiger partial charge in [-0.15, -0.1) is 0 Å².